The summed E-state index contributed by atoms with van der Waals surface area (Å²) in [6.07, 6.45) is 5.00. The first-order valence-corrected chi connectivity index (χ1v) is 10.5. The van der Waals surface area contributed by atoms with Gasteiger partial charge in [-0.25, -0.2) is 4.39 Å². The number of halogens is 3. The molecule has 4 atom stereocenters. The minimum absolute atomic E-state index is 0. The number of carbonyl (C=O) groups is 2. The Morgan fingerprint density at radius 1 is 1.32 bits per heavy atom. The van der Waals surface area contributed by atoms with Gasteiger partial charge >= 0.3 is 0 Å². The number of benzene rings is 1. The Labute approximate surface area is 178 Å². The summed E-state index contributed by atoms with van der Waals surface area (Å²) < 4.78 is 13.8. The number of carbonyl (C=O) groups excluding carboxylic acids is 2. The predicted molar refractivity (Wildman–Crippen MR) is 111 cm³/mol. The van der Waals surface area contributed by atoms with Crippen molar-refractivity contribution in [3.8, 4) is 0 Å². The average Bonchev–Trinajstić information content (AvgIpc) is 3.31. The van der Waals surface area contributed by atoms with E-state index in [0.717, 1.165) is 12.3 Å². The standard InChI is InChI=1S/C19H21ClFN3O2S.ClH/c20-13-2-1-3-14(21)12(13)9-22-17(25)8-16-18(26)24-19(27-16)23-15-7-10-4-5-11(15)6-10;/h1-3,10-11,15-16H,4-9H2,(H,22,25)(H,23,24,26);1H. The van der Waals surface area contributed by atoms with Crippen molar-refractivity contribution >= 4 is 52.8 Å². The van der Waals surface area contributed by atoms with Crippen molar-refractivity contribution in [1.82, 2.24) is 10.6 Å². The van der Waals surface area contributed by atoms with Crippen molar-refractivity contribution in [3.63, 3.8) is 0 Å². The van der Waals surface area contributed by atoms with Gasteiger partial charge in [-0.2, -0.15) is 4.99 Å². The van der Waals surface area contributed by atoms with Crippen LogP contribution >= 0.6 is 35.8 Å². The largest absolute Gasteiger partial charge is 0.361 e. The van der Waals surface area contributed by atoms with Gasteiger partial charge in [0.2, 0.25) is 5.91 Å². The van der Waals surface area contributed by atoms with E-state index in [1.54, 1.807) is 6.07 Å². The van der Waals surface area contributed by atoms with Gasteiger partial charge in [-0.05, 0) is 43.2 Å². The fraction of sp³-hybridized carbons (Fsp3) is 0.526. The number of thioether (sulfide) groups is 1. The van der Waals surface area contributed by atoms with Crippen LogP contribution in [-0.2, 0) is 16.1 Å². The van der Waals surface area contributed by atoms with E-state index in [4.69, 9.17) is 11.6 Å². The van der Waals surface area contributed by atoms with Crippen molar-refractivity contribution in [2.24, 2.45) is 16.8 Å². The third kappa shape index (κ3) is 4.63. The highest BCUT2D eigenvalue weighted by molar-refractivity contribution is 8.15. The zero-order valence-corrected chi connectivity index (χ0v) is 17.5. The van der Waals surface area contributed by atoms with E-state index < -0.39 is 11.1 Å². The van der Waals surface area contributed by atoms with Crippen molar-refractivity contribution in [3.05, 3.63) is 34.6 Å². The molecule has 5 nitrogen and oxygen atoms in total. The Bertz CT molecular complexity index is 787. The van der Waals surface area contributed by atoms with Crippen LogP contribution in [-0.4, -0.2) is 28.3 Å². The summed E-state index contributed by atoms with van der Waals surface area (Å²) in [5, 5.41) is 6.42. The van der Waals surface area contributed by atoms with Gasteiger partial charge in [0.25, 0.3) is 5.91 Å². The fourth-order valence-electron chi connectivity index (χ4n) is 4.29. The second-order valence-electron chi connectivity index (χ2n) is 7.47. The van der Waals surface area contributed by atoms with Crippen LogP contribution in [0.5, 0.6) is 0 Å². The fourth-order valence-corrected chi connectivity index (χ4v) is 5.54. The van der Waals surface area contributed by atoms with Crippen molar-refractivity contribution in [2.45, 2.75) is 49.9 Å². The van der Waals surface area contributed by atoms with Gasteiger partial charge in [-0.3, -0.25) is 9.59 Å². The summed E-state index contributed by atoms with van der Waals surface area (Å²) in [6, 6.07) is 4.78. The third-order valence-electron chi connectivity index (χ3n) is 5.68. The summed E-state index contributed by atoms with van der Waals surface area (Å²) in [7, 11) is 0. The lowest BCUT2D eigenvalue weighted by Crippen LogP contribution is -2.36. The molecule has 152 valence electrons. The molecule has 2 aliphatic carbocycles. The number of nitrogens with zero attached hydrogens (tertiary/aromatic N) is 1. The molecule has 2 saturated carbocycles. The number of nitrogens with one attached hydrogen (secondary N) is 2. The van der Waals surface area contributed by atoms with Crippen LogP contribution in [0.4, 0.5) is 4.39 Å². The Balaban J connectivity index is 0.00000225. The lowest BCUT2D eigenvalue weighted by atomic mass is 9.96. The minimum atomic E-state index is -0.526. The SMILES string of the molecule is Cl.O=C(CC1SC(NC2CC3CCC2C3)=NC1=O)NCc1c(F)cccc1Cl. The molecule has 1 aromatic carbocycles. The number of hydrogen-bond donors (Lipinski definition) is 2. The number of amidine groups is 1. The molecule has 1 heterocycles. The third-order valence-corrected chi connectivity index (χ3v) is 7.12. The molecule has 2 N–H and O–H groups in total. The second-order valence-corrected chi connectivity index (χ2v) is 9.07. The highest BCUT2D eigenvalue weighted by Gasteiger charge is 2.41. The maximum atomic E-state index is 13.8. The van der Waals surface area contributed by atoms with E-state index in [1.807, 2.05) is 0 Å². The van der Waals surface area contributed by atoms with Gasteiger partial charge in [-0.1, -0.05) is 35.9 Å². The molecule has 3 aliphatic rings. The van der Waals surface area contributed by atoms with Crippen molar-refractivity contribution in [2.75, 3.05) is 0 Å². The lowest BCUT2D eigenvalue weighted by molar-refractivity contribution is -0.124. The Kier molecular flexibility index (Phi) is 6.89. The van der Waals surface area contributed by atoms with Crippen LogP contribution in [0.25, 0.3) is 0 Å². The zero-order chi connectivity index (χ0) is 19.0. The van der Waals surface area contributed by atoms with E-state index >= 15 is 0 Å². The Morgan fingerprint density at radius 3 is 2.82 bits per heavy atom. The molecular weight excluding hydrogens is 424 g/mol. The van der Waals surface area contributed by atoms with Crippen LogP contribution in [0.2, 0.25) is 5.02 Å². The minimum Gasteiger partial charge on any atom is -0.361 e. The second kappa shape index (κ2) is 9.01. The van der Waals surface area contributed by atoms with Crippen molar-refractivity contribution in [1.29, 1.82) is 0 Å². The molecule has 9 heteroatoms. The maximum absolute atomic E-state index is 13.8. The molecule has 0 radical (unpaired) electrons. The molecule has 1 aromatic rings. The molecule has 4 rings (SSSR count). The summed E-state index contributed by atoms with van der Waals surface area (Å²) in [6.45, 7) is -0.00692. The molecular formula is C19H22Cl2FN3O2S. The molecule has 2 fully saturated rings. The first kappa shape index (κ1) is 21.4. The van der Waals surface area contributed by atoms with E-state index in [-0.39, 0.29) is 47.8 Å². The molecule has 0 saturated heterocycles. The van der Waals surface area contributed by atoms with Crippen LogP contribution < -0.4 is 10.6 Å². The van der Waals surface area contributed by atoms with E-state index in [9.17, 15) is 14.0 Å². The predicted octanol–water partition coefficient (Wildman–Crippen LogP) is 3.68. The first-order valence-electron chi connectivity index (χ1n) is 9.25. The van der Waals surface area contributed by atoms with Gasteiger partial charge in [0.15, 0.2) is 5.17 Å². The normalized spacial score (nSPS) is 28.1. The maximum Gasteiger partial charge on any atom is 0.262 e. The van der Waals surface area contributed by atoms with Crippen LogP contribution in [0.3, 0.4) is 0 Å². The van der Waals surface area contributed by atoms with Crippen LogP contribution in [0, 0.1) is 17.7 Å². The van der Waals surface area contributed by atoms with Crippen LogP contribution in [0.15, 0.2) is 23.2 Å². The van der Waals surface area contributed by atoms with Gasteiger partial charge < -0.3 is 10.6 Å². The smallest absolute Gasteiger partial charge is 0.262 e. The highest BCUT2D eigenvalue weighted by Crippen LogP contribution is 2.44. The average molecular weight is 446 g/mol. The van der Waals surface area contributed by atoms with E-state index in [1.165, 1.54) is 43.2 Å². The van der Waals surface area contributed by atoms with E-state index in [0.29, 0.717) is 17.1 Å². The summed E-state index contributed by atoms with van der Waals surface area (Å²) in [5.41, 5.74) is 0.243. The summed E-state index contributed by atoms with van der Waals surface area (Å²) >= 11 is 7.27. The summed E-state index contributed by atoms with van der Waals surface area (Å²) in [4.78, 5) is 28.4. The Morgan fingerprint density at radius 2 is 2.14 bits per heavy atom. The quantitative estimate of drug-likeness (QED) is 0.724. The number of amides is 2. The van der Waals surface area contributed by atoms with Crippen molar-refractivity contribution < 1.29 is 14.0 Å². The van der Waals surface area contributed by atoms with E-state index in [2.05, 4.69) is 15.6 Å². The number of rotatable bonds is 5. The van der Waals surface area contributed by atoms with Crippen LogP contribution in [0.1, 0.15) is 37.7 Å². The molecule has 1 aliphatic heterocycles. The first-order chi connectivity index (χ1) is 13.0. The molecule has 4 unspecified atom stereocenters. The van der Waals surface area contributed by atoms with Gasteiger partial charge in [0.05, 0.1) is 0 Å². The van der Waals surface area contributed by atoms with Gasteiger partial charge in [0.1, 0.15) is 11.1 Å². The highest BCUT2D eigenvalue weighted by atomic mass is 35.5. The van der Waals surface area contributed by atoms with Gasteiger partial charge in [0, 0.05) is 29.6 Å². The monoisotopic (exact) mass is 445 g/mol. The molecule has 28 heavy (non-hydrogen) atoms. The zero-order valence-electron chi connectivity index (χ0n) is 15.1. The number of aliphatic imine (C=N–C) groups is 1. The summed E-state index contributed by atoms with van der Waals surface area (Å²) in [5.74, 6) is 0.416. The Hall–Kier alpha value is -1.31. The van der Waals surface area contributed by atoms with Gasteiger partial charge in [-0.15, -0.1) is 12.4 Å². The molecule has 2 bridgehead atoms. The lowest BCUT2D eigenvalue weighted by Gasteiger charge is -2.23. The number of hydrogen-bond acceptors (Lipinski definition) is 4. The molecule has 0 spiro atoms. The molecule has 0 aromatic heterocycles. The number of fused-ring (bicyclic) bond motifs is 2. The topological polar surface area (TPSA) is 70.6 Å². The molecule has 2 amide bonds.